The van der Waals surface area contributed by atoms with E-state index in [-0.39, 0.29) is 24.2 Å². The third-order valence-corrected chi connectivity index (χ3v) is 5.49. The Kier molecular flexibility index (Phi) is 5.31. The van der Waals surface area contributed by atoms with Crippen LogP contribution in [-0.4, -0.2) is 37.9 Å². The summed E-state index contributed by atoms with van der Waals surface area (Å²) in [6, 6.07) is 2.27. The number of fused-ring (bicyclic) bond motifs is 1. The second kappa shape index (κ2) is 8.05. The van der Waals surface area contributed by atoms with Crippen LogP contribution in [0, 0.1) is 21.4 Å². The maximum absolute atomic E-state index is 12.6. The zero-order chi connectivity index (χ0) is 20.4. The van der Waals surface area contributed by atoms with Gasteiger partial charge in [0.1, 0.15) is 30.8 Å². The first kappa shape index (κ1) is 19.1. The Bertz CT molecular complexity index is 980. The van der Waals surface area contributed by atoms with Crippen LogP contribution < -0.4 is 5.32 Å². The lowest BCUT2D eigenvalue weighted by Gasteiger charge is -2.19. The molecule has 3 heterocycles. The summed E-state index contributed by atoms with van der Waals surface area (Å²) in [7, 11) is 0. The summed E-state index contributed by atoms with van der Waals surface area (Å²) < 4.78 is 9.03. The number of amides is 1. The molecular formula is C19H22N6O4. The molecule has 1 amide bonds. The molecule has 2 aromatic rings. The van der Waals surface area contributed by atoms with Gasteiger partial charge in [-0.05, 0) is 44.1 Å². The lowest BCUT2D eigenvalue weighted by molar-refractivity contribution is -0.385. The SMILES string of the molecule is N#Cc1c2c(n(CC3CCCO3)c1NC(=O)Cn1cc([N+](=O)[O-])cn1)CCCC2. The lowest BCUT2D eigenvalue weighted by Crippen LogP contribution is -2.24. The number of hydrogen-bond acceptors (Lipinski definition) is 6. The smallest absolute Gasteiger partial charge is 0.307 e. The van der Waals surface area contributed by atoms with Gasteiger partial charge < -0.3 is 14.6 Å². The van der Waals surface area contributed by atoms with Crippen molar-refractivity contribution in [2.24, 2.45) is 0 Å². The highest BCUT2D eigenvalue weighted by molar-refractivity contribution is 5.91. The zero-order valence-electron chi connectivity index (χ0n) is 16.0. The van der Waals surface area contributed by atoms with Crippen LogP contribution >= 0.6 is 0 Å². The van der Waals surface area contributed by atoms with Crippen LogP contribution in [0.4, 0.5) is 11.5 Å². The lowest BCUT2D eigenvalue weighted by atomic mass is 9.95. The van der Waals surface area contributed by atoms with Gasteiger partial charge in [0.2, 0.25) is 5.91 Å². The molecule has 2 aliphatic rings. The van der Waals surface area contributed by atoms with Crippen molar-refractivity contribution in [2.75, 3.05) is 11.9 Å². The van der Waals surface area contributed by atoms with E-state index >= 15 is 0 Å². The minimum absolute atomic E-state index is 0.0735. The van der Waals surface area contributed by atoms with Crippen LogP contribution in [0.5, 0.6) is 0 Å². The number of rotatable bonds is 6. The fourth-order valence-corrected chi connectivity index (χ4v) is 4.17. The highest BCUT2D eigenvalue weighted by Crippen LogP contribution is 2.34. The Morgan fingerprint density at radius 2 is 2.24 bits per heavy atom. The van der Waals surface area contributed by atoms with Gasteiger partial charge in [-0.1, -0.05) is 0 Å². The van der Waals surface area contributed by atoms with Gasteiger partial charge in [-0.15, -0.1) is 0 Å². The first-order chi connectivity index (χ1) is 14.1. The van der Waals surface area contributed by atoms with E-state index in [0.29, 0.717) is 17.9 Å². The number of hydrogen-bond donors (Lipinski definition) is 1. The number of aromatic nitrogens is 3. The molecule has 1 aliphatic carbocycles. The maximum Gasteiger partial charge on any atom is 0.307 e. The van der Waals surface area contributed by atoms with Crippen LogP contribution in [0.15, 0.2) is 12.4 Å². The van der Waals surface area contributed by atoms with Crippen molar-refractivity contribution in [2.45, 2.75) is 57.7 Å². The molecule has 1 atom stereocenters. The average Bonchev–Trinajstić information content (AvgIpc) is 3.43. The fraction of sp³-hybridized carbons (Fsp3) is 0.526. The third kappa shape index (κ3) is 3.86. The number of nitro groups is 1. The molecule has 29 heavy (non-hydrogen) atoms. The van der Waals surface area contributed by atoms with Gasteiger partial charge in [-0.25, -0.2) is 0 Å². The number of nitrogens with zero attached hydrogens (tertiary/aromatic N) is 5. The molecule has 0 bridgehead atoms. The summed E-state index contributed by atoms with van der Waals surface area (Å²) in [6.45, 7) is 1.17. The van der Waals surface area contributed by atoms with Crippen molar-refractivity contribution in [3.63, 3.8) is 0 Å². The van der Waals surface area contributed by atoms with Gasteiger partial charge >= 0.3 is 5.69 Å². The van der Waals surface area contributed by atoms with E-state index in [0.717, 1.165) is 62.6 Å². The minimum Gasteiger partial charge on any atom is -0.376 e. The molecule has 4 rings (SSSR count). The van der Waals surface area contributed by atoms with E-state index in [9.17, 15) is 20.2 Å². The predicted octanol–water partition coefficient (Wildman–Crippen LogP) is 2.16. The maximum atomic E-state index is 12.6. The number of anilines is 1. The molecular weight excluding hydrogens is 376 g/mol. The van der Waals surface area contributed by atoms with Gasteiger partial charge in [0.15, 0.2) is 0 Å². The molecule has 152 valence electrons. The summed E-state index contributed by atoms with van der Waals surface area (Å²) >= 11 is 0. The second-order valence-electron chi connectivity index (χ2n) is 7.41. The standard InChI is InChI=1S/C19H22N6O4/c20-8-16-15-5-1-2-6-17(15)24(11-14-4-3-7-29-14)19(16)22-18(26)12-23-10-13(9-21-23)25(27)28/h9-10,14H,1-7,11-12H2,(H,22,26). The normalized spacial score (nSPS) is 18.2. The van der Waals surface area contributed by atoms with Crippen molar-refractivity contribution >= 4 is 17.4 Å². The van der Waals surface area contributed by atoms with E-state index in [2.05, 4.69) is 16.5 Å². The fourth-order valence-electron chi connectivity index (χ4n) is 4.17. The molecule has 1 N–H and O–H groups in total. The number of nitrogens with one attached hydrogen (secondary N) is 1. The van der Waals surface area contributed by atoms with Gasteiger partial charge in [-0.3, -0.25) is 19.6 Å². The number of ether oxygens (including phenoxy) is 1. The van der Waals surface area contributed by atoms with Gasteiger partial charge in [-0.2, -0.15) is 10.4 Å². The zero-order valence-corrected chi connectivity index (χ0v) is 16.0. The molecule has 0 saturated carbocycles. The van der Waals surface area contributed by atoms with Crippen molar-refractivity contribution in [1.82, 2.24) is 14.3 Å². The summed E-state index contributed by atoms with van der Waals surface area (Å²) in [4.78, 5) is 22.9. The molecule has 10 nitrogen and oxygen atoms in total. The molecule has 2 aromatic heterocycles. The van der Waals surface area contributed by atoms with Crippen LogP contribution in [0.3, 0.4) is 0 Å². The number of carbonyl (C=O) groups excluding carboxylic acids is 1. The molecule has 0 radical (unpaired) electrons. The Morgan fingerprint density at radius 1 is 1.41 bits per heavy atom. The van der Waals surface area contributed by atoms with Crippen molar-refractivity contribution in [1.29, 1.82) is 5.26 Å². The van der Waals surface area contributed by atoms with Gasteiger partial charge in [0.05, 0.1) is 23.1 Å². The van der Waals surface area contributed by atoms with Crippen LogP contribution in [0.25, 0.3) is 0 Å². The average molecular weight is 398 g/mol. The minimum atomic E-state index is -0.560. The first-order valence-corrected chi connectivity index (χ1v) is 9.79. The number of carbonyl (C=O) groups is 1. The Labute approximate surface area is 167 Å². The van der Waals surface area contributed by atoms with E-state index in [1.54, 1.807) is 0 Å². The predicted molar refractivity (Wildman–Crippen MR) is 102 cm³/mol. The first-order valence-electron chi connectivity index (χ1n) is 9.79. The monoisotopic (exact) mass is 398 g/mol. The Hall–Kier alpha value is -3.19. The van der Waals surface area contributed by atoms with Crippen molar-refractivity contribution < 1.29 is 14.5 Å². The Balaban J connectivity index is 1.60. The highest BCUT2D eigenvalue weighted by Gasteiger charge is 2.28. The quantitative estimate of drug-likeness (QED) is 0.586. The molecule has 0 aromatic carbocycles. The van der Waals surface area contributed by atoms with E-state index in [1.807, 2.05) is 4.57 Å². The molecule has 1 unspecified atom stereocenters. The summed E-state index contributed by atoms with van der Waals surface area (Å²) in [5.74, 6) is 0.115. The number of nitriles is 1. The van der Waals surface area contributed by atoms with Gasteiger partial charge in [0, 0.05) is 12.3 Å². The largest absolute Gasteiger partial charge is 0.376 e. The summed E-state index contributed by atoms with van der Waals surface area (Å²) in [5, 5.41) is 27.3. The summed E-state index contributed by atoms with van der Waals surface area (Å²) in [5.41, 5.74) is 2.46. The molecule has 0 spiro atoms. The molecule has 10 heteroatoms. The van der Waals surface area contributed by atoms with E-state index < -0.39 is 4.92 Å². The van der Waals surface area contributed by atoms with E-state index in [1.165, 1.54) is 10.9 Å². The molecule has 1 saturated heterocycles. The second-order valence-corrected chi connectivity index (χ2v) is 7.41. The van der Waals surface area contributed by atoms with E-state index in [4.69, 9.17) is 4.74 Å². The molecule has 1 aliphatic heterocycles. The van der Waals surface area contributed by atoms with Crippen molar-refractivity contribution in [3.8, 4) is 6.07 Å². The molecule has 1 fully saturated rings. The van der Waals surface area contributed by atoms with Crippen LogP contribution in [-0.2, 0) is 35.5 Å². The third-order valence-electron chi connectivity index (χ3n) is 5.49. The topological polar surface area (TPSA) is 128 Å². The van der Waals surface area contributed by atoms with Crippen LogP contribution in [0.1, 0.15) is 42.5 Å². The summed E-state index contributed by atoms with van der Waals surface area (Å²) in [6.07, 6.45) is 8.13. The highest BCUT2D eigenvalue weighted by atomic mass is 16.6. The van der Waals surface area contributed by atoms with Gasteiger partial charge in [0.25, 0.3) is 0 Å². The Morgan fingerprint density at radius 3 is 2.93 bits per heavy atom. The van der Waals surface area contributed by atoms with Crippen molar-refractivity contribution in [3.05, 3.63) is 39.3 Å². The van der Waals surface area contributed by atoms with Crippen LogP contribution in [0.2, 0.25) is 0 Å².